The lowest BCUT2D eigenvalue weighted by Gasteiger charge is -2.23. The van der Waals surface area contributed by atoms with Gasteiger partial charge in [0.05, 0.1) is 0 Å². The minimum absolute atomic E-state index is 0. The number of benzene rings is 1. The van der Waals surface area contributed by atoms with E-state index in [0.717, 1.165) is 50.7 Å². The Kier molecular flexibility index (Phi) is 7.94. The number of amides is 1. The predicted molar refractivity (Wildman–Crippen MR) is 123 cm³/mol. The van der Waals surface area contributed by atoms with Crippen LogP contribution in [0.15, 0.2) is 29.3 Å². The average Bonchev–Trinajstić information content (AvgIpc) is 3.20. The van der Waals surface area contributed by atoms with Gasteiger partial charge in [0.1, 0.15) is 0 Å². The number of likely N-dealkylation sites (tertiary alicyclic amines) is 1. The maximum atomic E-state index is 12.6. The fraction of sp³-hybridized carbons (Fsp3) is 0.619. The smallest absolute Gasteiger partial charge is 0.227 e. The van der Waals surface area contributed by atoms with Crippen molar-refractivity contribution in [3.05, 3.63) is 29.8 Å². The van der Waals surface area contributed by atoms with Crippen LogP contribution in [0.2, 0.25) is 0 Å². The van der Waals surface area contributed by atoms with Crippen molar-refractivity contribution in [3.63, 3.8) is 0 Å². The predicted octanol–water partition coefficient (Wildman–Crippen LogP) is 3.67. The van der Waals surface area contributed by atoms with E-state index in [4.69, 9.17) is 4.99 Å². The van der Waals surface area contributed by atoms with Gasteiger partial charge in [0, 0.05) is 44.8 Å². The quantitative estimate of drug-likeness (QED) is 0.300. The summed E-state index contributed by atoms with van der Waals surface area (Å²) in [6.45, 7) is 11.2. The molecule has 2 aliphatic heterocycles. The third-order valence-corrected chi connectivity index (χ3v) is 5.31. The third-order valence-electron chi connectivity index (χ3n) is 5.31. The Hall–Kier alpha value is -1.31. The number of fused-ring (bicyclic) bond motifs is 1. The zero-order valence-electron chi connectivity index (χ0n) is 16.8. The number of anilines is 1. The molecule has 1 aromatic rings. The number of aliphatic imine (C=N–C) groups is 1. The molecule has 0 radical (unpaired) electrons. The molecule has 0 saturated carbocycles. The van der Waals surface area contributed by atoms with Crippen molar-refractivity contribution >= 4 is 41.5 Å². The third kappa shape index (κ3) is 5.59. The number of guanidine groups is 1. The first-order valence-electron chi connectivity index (χ1n) is 9.92. The van der Waals surface area contributed by atoms with E-state index in [1.807, 2.05) is 17.0 Å². The summed E-state index contributed by atoms with van der Waals surface area (Å²) in [7, 11) is 0. The molecule has 0 aromatic heterocycles. The molecule has 5 nitrogen and oxygen atoms in total. The van der Waals surface area contributed by atoms with Gasteiger partial charge in [-0.25, -0.2) is 0 Å². The summed E-state index contributed by atoms with van der Waals surface area (Å²) >= 11 is 0. The first kappa shape index (κ1) is 22.0. The fourth-order valence-corrected chi connectivity index (χ4v) is 3.87. The van der Waals surface area contributed by atoms with Gasteiger partial charge < -0.3 is 15.1 Å². The molecule has 1 fully saturated rings. The Morgan fingerprint density at radius 2 is 2.04 bits per heavy atom. The fourth-order valence-electron chi connectivity index (χ4n) is 3.87. The van der Waals surface area contributed by atoms with E-state index >= 15 is 0 Å². The number of halogens is 1. The van der Waals surface area contributed by atoms with E-state index in [0.29, 0.717) is 18.4 Å². The molecule has 0 spiro atoms. The molecular formula is C21H33IN4O. The van der Waals surface area contributed by atoms with Crippen molar-refractivity contribution in [3.8, 4) is 0 Å². The van der Waals surface area contributed by atoms with Gasteiger partial charge in [-0.2, -0.15) is 0 Å². The van der Waals surface area contributed by atoms with Crippen LogP contribution in [0.3, 0.4) is 0 Å². The number of hydrogen-bond acceptors (Lipinski definition) is 2. The second-order valence-corrected chi connectivity index (χ2v) is 8.10. The molecule has 0 aliphatic carbocycles. The molecule has 6 heteroatoms. The largest absolute Gasteiger partial charge is 0.357 e. The number of para-hydroxylation sites is 1. The van der Waals surface area contributed by atoms with Gasteiger partial charge in [0.25, 0.3) is 0 Å². The number of carbonyl (C=O) groups excluding carboxylic acids is 1. The molecular weight excluding hydrogens is 451 g/mol. The highest BCUT2D eigenvalue weighted by molar-refractivity contribution is 14.0. The number of rotatable bonds is 5. The molecule has 1 saturated heterocycles. The van der Waals surface area contributed by atoms with Gasteiger partial charge in [-0.05, 0) is 43.2 Å². The van der Waals surface area contributed by atoms with E-state index in [9.17, 15) is 4.79 Å². The zero-order valence-corrected chi connectivity index (χ0v) is 19.2. The summed E-state index contributed by atoms with van der Waals surface area (Å²) in [6, 6.07) is 8.22. The highest BCUT2D eigenvalue weighted by atomic mass is 127. The normalized spacial score (nSPS) is 18.3. The van der Waals surface area contributed by atoms with Crippen molar-refractivity contribution in [2.75, 3.05) is 37.6 Å². The monoisotopic (exact) mass is 484 g/mol. The van der Waals surface area contributed by atoms with E-state index in [1.54, 1.807) is 0 Å². The second-order valence-electron chi connectivity index (χ2n) is 8.10. The first-order chi connectivity index (χ1) is 12.5. The highest BCUT2D eigenvalue weighted by Gasteiger charge is 2.30. The molecule has 3 rings (SSSR count). The summed E-state index contributed by atoms with van der Waals surface area (Å²) in [5, 5.41) is 3.40. The van der Waals surface area contributed by atoms with E-state index in [-0.39, 0.29) is 29.9 Å². The lowest BCUT2D eigenvalue weighted by atomic mass is 9.93. The maximum Gasteiger partial charge on any atom is 0.227 e. The van der Waals surface area contributed by atoms with Gasteiger partial charge in [-0.1, -0.05) is 32.0 Å². The molecule has 1 aromatic carbocycles. The van der Waals surface area contributed by atoms with Crippen LogP contribution in [-0.2, 0) is 11.2 Å². The van der Waals surface area contributed by atoms with Crippen molar-refractivity contribution in [1.82, 2.24) is 10.2 Å². The van der Waals surface area contributed by atoms with Gasteiger partial charge >= 0.3 is 0 Å². The Morgan fingerprint density at radius 1 is 1.26 bits per heavy atom. The van der Waals surface area contributed by atoms with Crippen LogP contribution in [0.1, 0.15) is 45.6 Å². The standard InChI is InChI=1S/C21H32N4O.HI/c1-4-22-20(24-15-12-21(2,3)16-24)23-13-7-10-19(26)25-14-11-17-8-5-6-9-18(17)25;/h5-6,8-9H,4,7,10-16H2,1-3H3,(H,22,23);1H. The first-order valence-corrected chi connectivity index (χ1v) is 9.92. The summed E-state index contributed by atoms with van der Waals surface area (Å²) in [5.74, 6) is 1.22. The van der Waals surface area contributed by atoms with Crippen LogP contribution in [0, 0.1) is 5.41 Å². The van der Waals surface area contributed by atoms with Crippen molar-refractivity contribution < 1.29 is 4.79 Å². The average molecular weight is 484 g/mol. The van der Waals surface area contributed by atoms with Gasteiger partial charge in [0.15, 0.2) is 5.96 Å². The van der Waals surface area contributed by atoms with Gasteiger partial charge in [-0.3, -0.25) is 9.79 Å². The highest BCUT2D eigenvalue weighted by Crippen LogP contribution is 2.29. The topological polar surface area (TPSA) is 47.9 Å². The summed E-state index contributed by atoms with van der Waals surface area (Å²) in [4.78, 5) is 21.6. The summed E-state index contributed by atoms with van der Waals surface area (Å²) in [6.07, 6.45) is 3.52. The number of nitrogens with zero attached hydrogens (tertiary/aromatic N) is 3. The van der Waals surface area contributed by atoms with Crippen LogP contribution in [0.5, 0.6) is 0 Å². The van der Waals surface area contributed by atoms with Crippen molar-refractivity contribution in [2.45, 2.75) is 46.5 Å². The van der Waals surface area contributed by atoms with Crippen molar-refractivity contribution in [1.29, 1.82) is 0 Å². The molecule has 2 aliphatic rings. The molecule has 0 unspecified atom stereocenters. The van der Waals surface area contributed by atoms with Crippen LogP contribution in [0.4, 0.5) is 5.69 Å². The number of carbonyl (C=O) groups is 1. The molecule has 150 valence electrons. The van der Waals surface area contributed by atoms with Crippen LogP contribution >= 0.6 is 24.0 Å². The minimum atomic E-state index is 0. The summed E-state index contributed by atoms with van der Waals surface area (Å²) < 4.78 is 0. The van der Waals surface area contributed by atoms with E-state index in [2.05, 4.69) is 43.1 Å². The molecule has 0 atom stereocenters. The Morgan fingerprint density at radius 3 is 2.74 bits per heavy atom. The Bertz CT molecular complexity index is 674. The van der Waals surface area contributed by atoms with Crippen LogP contribution < -0.4 is 10.2 Å². The van der Waals surface area contributed by atoms with E-state index in [1.165, 1.54) is 12.0 Å². The lowest BCUT2D eigenvalue weighted by molar-refractivity contribution is -0.118. The minimum Gasteiger partial charge on any atom is -0.357 e. The van der Waals surface area contributed by atoms with Gasteiger partial charge in [-0.15, -0.1) is 24.0 Å². The maximum absolute atomic E-state index is 12.6. The Balaban J connectivity index is 0.00000261. The lowest BCUT2D eigenvalue weighted by Crippen LogP contribution is -2.40. The van der Waals surface area contributed by atoms with Crippen molar-refractivity contribution in [2.24, 2.45) is 10.4 Å². The SMILES string of the molecule is CCNC(=NCCCC(=O)N1CCc2ccccc21)N1CCC(C)(C)C1.I. The molecule has 27 heavy (non-hydrogen) atoms. The van der Waals surface area contributed by atoms with Crippen LogP contribution in [0.25, 0.3) is 0 Å². The molecule has 1 N–H and O–H groups in total. The molecule has 0 bridgehead atoms. The number of hydrogen-bond donors (Lipinski definition) is 1. The van der Waals surface area contributed by atoms with Crippen LogP contribution in [-0.4, -0.2) is 49.5 Å². The Labute approximate surface area is 180 Å². The molecule has 2 heterocycles. The molecule has 1 amide bonds. The second kappa shape index (κ2) is 9.75. The number of nitrogens with one attached hydrogen (secondary N) is 1. The summed E-state index contributed by atoms with van der Waals surface area (Å²) in [5.41, 5.74) is 2.73. The van der Waals surface area contributed by atoms with Gasteiger partial charge in [0.2, 0.25) is 5.91 Å². The zero-order chi connectivity index (χ0) is 18.6. The van der Waals surface area contributed by atoms with E-state index < -0.39 is 0 Å².